The monoisotopic (exact) mass is 456 g/mol. The van der Waals surface area contributed by atoms with E-state index in [2.05, 4.69) is 10.4 Å². The predicted molar refractivity (Wildman–Crippen MR) is 129 cm³/mol. The van der Waals surface area contributed by atoms with Gasteiger partial charge in [-0.15, -0.1) is 0 Å². The van der Waals surface area contributed by atoms with Crippen LogP contribution in [0.5, 0.6) is 0 Å². The zero-order chi connectivity index (χ0) is 22.9. The molecule has 0 saturated heterocycles. The molecule has 164 valence electrons. The number of fused-ring (bicyclic) bond motifs is 2. The third-order valence-electron chi connectivity index (χ3n) is 5.73. The molecule has 7 heteroatoms. The van der Waals surface area contributed by atoms with Gasteiger partial charge in [0.1, 0.15) is 0 Å². The molecule has 2 amide bonds. The first kappa shape index (κ1) is 21.0. The molecule has 0 radical (unpaired) electrons. The van der Waals surface area contributed by atoms with Gasteiger partial charge in [-0.25, -0.2) is 0 Å². The van der Waals surface area contributed by atoms with E-state index in [0.717, 1.165) is 22.5 Å². The summed E-state index contributed by atoms with van der Waals surface area (Å²) in [5.41, 5.74) is 5.38. The number of anilines is 2. The fraction of sp³-hybridized carbons (Fsp3) is 0.115. The van der Waals surface area contributed by atoms with Crippen LogP contribution >= 0.6 is 11.6 Å². The lowest BCUT2D eigenvalue weighted by atomic mass is 10.1. The van der Waals surface area contributed by atoms with Gasteiger partial charge in [0, 0.05) is 23.1 Å². The molecule has 5 rings (SSSR count). The smallest absolute Gasteiger partial charge is 0.258 e. The standard InChI is InChI=1S/C26H21ClN4O2/c1-17-6-11-22(23(27)14-17)25(32)29-20-9-7-18(8-10-20)26(33)30-16-21-12-13-28-31(21)15-19-4-2-3-5-24(19)30/h2-14H,15-16H2,1H3,(H,29,32). The second kappa shape index (κ2) is 8.56. The number of halogens is 1. The van der Waals surface area contributed by atoms with E-state index in [-0.39, 0.29) is 11.8 Å². The molecular weight excluding hydrogens is 436 g/mol. The summed E-state index contributed by atoms with van der Waals surface area (Å²) in [7, 11) is 0. The molecule has 0 bridgehead atoms. The average Bonchev–Trinajstić information content (AvgIpc) is 3.18. The number of rotatable bonds is 3. The summed E-state index contributed by atoms with van der Waals surface area (Å²) >= 11 is 6.21. The van der Waals surface area contributed by atoms with Crippen molar-refractivity contribution in [3.8, 4) is 0 Å². The minimum absolute atomic E-state index is 0.114. The summed E-state index contributed by atoms with van der Waals surface area (Å²) in [5.74, 6) is -0.412. The van der Waals surface area contributed by atoms with Crippen LogP contribution in [-0.2, 0) is 13.1 Å². The van der Waals surface area contributed by atoms with Gasteiger partial charge in [-0.05, 0) is 66.6 Å². The largest absolute Gasteiger partial charge is 0.322 e. The Balaban J connectivity index is 1.38. The van der Waals surface area contributed by atoms with Crippen LogP contribution in [0.25, 0.3) is 0 Å². The Kier molecular flexibility index (Phi) is 5.44. The number of hydrogen-bond acceptors (Lipinski definition) is 3. The molecular formula is C26H21ClN4O2. The van der Waals surface area contributed by atoms with Crippen LogP contribution in [0.2, 0.25) is 5.02 Å². The van der Waals surface area contributed by atoms with E-state index < -0.39 is 0 Å². The van der Waals surface area contributed by atoms with Crippen LogP contribution in [0.15, 0.2) is 79.0 Å². The molecule has 0 atom stereocenters. The first-order valence-corrected chi connectivity index (χ1v) is 11.0. The first-order valence-electron chi connectivity index (χ1n) is 10.6. The highest BCUT2D eigenvalue weighted by atomic mass is 35.5. The number of carbonyl (C=O) groups excluding carboxylic acids is 2. The van der Waals surface area contributed by atoms with E-state index in [4.69, 9.17) is 11.6 Å². The van der Waals surface area contributed by atoms with Crippen LogP contribution in [-0.4, -0.2) is 21.6 Å². The molecule has 0 spiro atoms. The van der Waals surface area contributed by atoms with E-state index in [1.54, 1.807) is 47.5 Å². The lowest BCUT2D eigenvalue weighted by molar-refractivity contribution is 0.0983. The maximum absolute atomic E-state index is 13.5. The van der Waals surface area contributed by atoms with E-state index in [9.17, 15) is 9.59 Å². The second-order valence-corrected chi connectivity index (χ2v) is 8.42. The summed E-state index contributed by atoms with van der Waals surface area (Å²) in [6.45, 7) is 2.97. The van der Waals surface area contributed by atoms with E-state index >= 15 is 0 Å². The van der Waals surface area contributed by atoms with Crippen molar-refractivity contribution in [2.24, 2.45) is 0 Å². The maximum Gasteiger partial charge on any atom is 0.258 e. The highest BCUT2D eigenvalue weighted by Gasteiger charge is 2.25. The number of nitrogens with zero attached hydrogens (tertiary/aromatic N) is 3. The minimum atomic E-state index is -0.297. The zero-order valence-corrected chi connectivity index (χ0v) is 18.7. The van der Waals surface area contributed by atoms with Gasteiger partial charge in [0.25, 0.3) is 11.8 Å². The van der Waals surface area contributed by atoms with Gasteiger partial charge in [0.2, 0.25) is 0 Å². The Labute approximate surface area is 196 Å². The van der Waals surface area contributed by atoms with Crippen LogP contribution < -0.4 is 10.2 Å². The molecule has 1 aromatic heterocycles. The van der Waals surface area contributed by atoms with Gasteiger partial charge in [0.15, 0.2) is 0 Å². The van der Waals surface area contributed by atoms with Crippen LogP contribution in [0, 0.1) is 6.92 Å². The molecule has 1 aliphatic rings. The Hall–Kier alpha value is -3.90. The Bertz CT molecular complexity index is 1360. The fourth-order valence-electron chi connectivity index (χ4n) is 3.99. The van der Waals surface area contributed by atoms with Crippen molar-refractivity contribution in [3.63, 3.8) is 0 Å². The van der Waals surface area contributed by atoms with Gasteiger partial charge >= 0.3 is 0 Å². The number of aromatic nitrogens is 2. The van der Waals surface area contributed by atoms with Crippen LogP contribution in [0.1, 0.15) is 37.5 Å². The molecule has 1 N–H and O–H groups in total. The molecule has 0 aliphatic carbocycles. The maximum atomic E-state index is 13.5. The number of amides is 2. The molecule has 4 aromatic rings. The quantitative estimate of drug-likeness (QED) is 0.454. The number of para-hydroxylation sites is 1. The van der Waals surface area contributed by atoms with Gasteiger partial charge in [-0.3, -0.25) is 14.3 Å². The van der Waals surface area contributed by atoms with E-state index in [1.165, 1.54) is 0 Å². The number of carbonyl (C=O) groups is 2. The Morgan fingerprint density at radius 1 is 0.970 bits per heavy atom. The highest BCUT2D eigenvalue weighted by molar-refractivity contribution is 6.34. The molecule has 0 saturated carbocycles. The SMILES string of the molecule is Cc1ccc(C(=O)Nc2ccc(C(=O)N3Cc4ccnn4Cc4ccccc43)cc2)c(Cl)c1. The Morgan fingerprint density at radius 2 is 1.76 bits per heavy atom. The van der Waals surface area contributed by atoms with Gasteiger partial charge in [-0.2, -0.15) is 5.10 Å². The number of aryl methyl sites for hydroxylation is 1. The van der Waals surface area contributed by atoms with E-state index in [0.29, 0.717) is 34.9 Å². The van der Waals surface area contributed by atoms with Crippen molar-refractivity contribution in [3.05, 3.63) is 112 Å². The summed E-state index contributed by atoms with van der Waals surface area (Å²) in [6.07, 6.45) is 1.75. The number of nitrogens with one attached hydrogen (secondary N) is 1. The van der Waals surface area contributed by atoms with Crippen LogP contribution in [0.4, 0.5) is 11.4 Å². The lowest BCUT2D eigenvalue weighted by Crippen LogP contribution is -2.30. The second-order valence-electron chi connectivity index (χ2n) is 8.01. The third-order valence-corrected chi connectivity index (χ3v) is 6.04. The first-order chi connectivity index (χ1) is 16.0. The van der Waals surface area contributed by atoms with Crippen molar-refractivity contribution in [2.45, 2.75) is 20.0 Å². The van der Waals surface area contributed by atoms with Crippen molar-refractivity contribution in [1.29, 1.82) is 0 Å². The fourth-order valence-corrected chi connectivity index (χ4v) is 4.31. The summed E-state index contributed by atoms with van der Waals surface area (Å²) in [4.78, 5) is 27.8. The van der Waals surface area contributed by atoms with Crippen molar-refractivity contribution < 1.29 is 9.59 Å². The molecule has 0 unspecified atom stereocenters. The molecule has 33 heavy (non-hydrogen) atoms. The molecule has 6 nitrogen and oxygen atoms in total. The predicted octanol–water partition coefficient (Wildman–Crippen LogP) is 5.31. The van der Waals surface area contributed by atoms with Gasteiger partial charge in [0.05, 0.1) is 29.4 Å². The van der Waals surface area contributed by atoms with Crippen LogP contribution in [0.3, 0.4) is 0 Å². The van der Waals surface area contributed by atoms with Gasteiger partial charge in [-0.1, -0.05) is 35.9 Å². The topological polar surface area (TPSA) is 67.2 Å². The third kappa shape index (κ3) is 4.13. The van der Waals surface area contributed by atoms with Gasteiger partial charge < -0.3 is 10.2 Å². The van der Waals surface area contributed by atoms with Crippen molar-refractivity contribution >= 4 is 34.8 Å². The lowest BCUT2D eigenvalue weighted by Gasteiger charge is -2.22. The zero-order valence-electron chi connectivity index (χ0n) is 18.0. The highest BCUT2D eigenvalue weighted by Crippen LogP contribution is 2.29. The average molecular weight is 457 g/mol. The summed E-state index contributed by atoms with van der Waals surface area (Å²) < 4.78 is 1.92. The number of hydrogen-bond donors (Lipinski definition) is 1. The summed E-state index contributed by atoms with van der Waals surface area (Å²) in [5, 5.41) is 7.63. The van der Waals surface area contributed by atoms with E-state index in [1.807, 2.05) is 48.0 Å². The van der Waals surface area contributed by atoms with Crippen molar-refractivity contribution in [1.82, 2.24) is 9.78 Å². The molecule has 1 aliphatic heterocycles. The molecule has 2 heterocycles. The molecule has 0 fully saturated rings. The molecule has 3 aromatic carbocycles. The van der Waals surface area contributed by atoms with Crippen molar-refractivity contribution in [2.75, 3.05) is 10.2 Å². The number of benzene rings is 3. The summed E-state index contributed by atoms with van der Waals surface area (Å²) in [6, 6.07) is 22.0. The normalized spacial score (nSPS) is 12.5. The Morgan fingerprint density at radius 3 is 2.55 bits per heavy atom. The minimum Gasteiger partial charge on any atom is -0.322 e.